The summed E-state index contributed by atoms with van der Waals surface area (Å²) in [6.07, 6.45) is 2.38. The van der Waals surface area contributed by atoms with E-state index in [1.165, 1.54) is 6.42 Å². The molecule has 0 amide bonds. The molecule has 1 aromatic heterocycles. The summed E-state index contributed by atoms with van der Waals surface area (Å²) in [4.78, 5) is 6.93. The first-order valence-electron chi connectivity index (χ1n) is 6.98. The molecule has 2 rings (SSSR count). The quantitative estimate of drug-likeness (QED) is 0.836. The van der Waals surface area contributed by atoms with Gasteiger partial charge < -0.3 is 9.84 Å². The van der Waals surface area contributed by atoms with Gasteiger partial charge in [0, 0.05) is 18.5 Å². The molecule has 0 bridgehead atoms. The number of nitrogens with zero attached hydrogens (tertiary/aromatic N) is 3. The van der Waals surface area contributed by atoms with Crippen molar-refractivity contribution < 1.29 is 4.52 Å². The molecule has 2 heterocycles. The van der Waals surface area contributed by atoms with Crippen LogP contribution in [-0.2, 0) is 6.54 Å². The summed E-state index contributed by atoms with van der Waals surface area (Å²) >= 11 is 0. The van der Waals surface area contributed by atoms with E-state index in [2.05, 4.69) is 41.1 Å². The Labute approximate surface area is 109 Å². The zero-order valence-corrected chi connectivity index (χ0v) is 11.6. The van der Waals surface area contributed by atoms with Crippen molar-refractivity contribution in [3.05, 3.63) is 11.7 Å². The Hall–Kier alpha value is -0.940. The molecule has 1 saturated heterocycles. The first-order valence-corrected chi connectivity index (χ1v) is 6.98. The Kier molecular flexibility index (Phi) is 4.72. The SMILES string of the molecule is CCCN(Cc1noc(C(C)C)n1)C1CCNC1. The van der Waals surface area contributed by atoms with Gasteiger partial charge in [0.15, 0.2) is 5.82 Å². The number of aromatic nitrogens is 2. The maximum atomic E-state index is 5.26. The van der Waals surface area contributed by atoms with Crippen molar-refractivity contribution in [3.8, 4) is 0 Å². The van der Waals surface area contributed by atoms with Crippen molar-refractivity contribution in [3.63, 3.8) is 0 Å². The summed E-state index contributed by atoms with van der Waals surface area (Å²) in [6.45, 7) is 10.5. The van der Waals surface area contributed by atoms with E-state index in [-0.39, 0.29) is 0 Å². The molecule has 1 N–H and O–H groups in total. The summed E-state index contributed by atoms with van der Waals surface area (Å²) in [5.41, 5.74) is 0. The second-order valence-corrected chi connectivity index (χ2v) is 5.32. The fraction of sp³-hybridized carbons (Fsp3) is 0.846. The van der Waals surface area contributed by atoms with E-state index < -0.39 is 0 Å². The number of rotatable bonds is 6. The maximum absolute atomic E-state index is 5.26. The smallest absolute Gasteiger partial charge is 0.229 e. The molecule has 0 spiro atoms. The molecule has 18 heavy (non-hydrogen) atoms. The van der Waals surface area contributed by atoms with Gasteiger partial charge in [0.2, 0.25) is 5.89 Å². The minimum atomic E-state index is 0.305. The zero-order valence-electron chi connectivity index (χ0n) is 11.6. The van der Waals surface area contributed by atoms with Gasteiger partial charge in [0.1, 0.15) is 0 Å². The number of nitrogens with one attached hydrogen (secondary N) is 1. The highest BCUT2D eigenvalue weighted by atomic mass is 16.5. The molecule has 1 unspecified atom stereocenters. The third kappa shape index (κ3) is 3.29. The summed E-state index contributed by atoms with van der Waals surface area (Å²) in [7, 11) is 0. The van der Waals surface area contributed by atoms with Gasteiger partial charge >= 0.3 is 0 Å². The summed E-state index contributed by atoms with van der Waals surface area (Å²) in [5, 5.41) is 7.50. The molecular formula is C13H24N4O. The minimum Gasteiger partial charge on any atom is -0.339 e. The monoisotopic (exact) mass is 252 g/mol. The van der Waals surface area contributed by atoms with Gasteiger partial charge in [-0.15, -0.1) is 0 Å². The molecule has 1 atom stereocenters. The van der Waals surface area contributed by atoms with Gasteiger partial charge in [-0.25, -0.2) is 0 Å². The number of hydrogen-bond acceptors (Lipinski definition) is 5. The standard InChI is InChI=1S/C13H24N4O/c1-4-7-17(11-5-6-14-8-11)9-12-15-13(10(2)3)18-16-12/h10-11,14H,4-9H2,1-3H3. The average molecular weight is 252 g/mol. The number of hydrogen-bond donors (Lipinski definition) is 1. The van der Waals surface area contributed by atoms with Crippen molar-refractivity contribution in [1.82, 2.24) is 20.4 Å². The Balaban J connectivity index is 1.98. The topological polar surface area (TPSA) is 54.2 Å². The van der Waals surface area contributed by atoms with E-state index in [1.807, 2.05) is 0 Å². The van der Waals surface area contributed by atoms with Crippen LogP contribution in [0.1, 0.15) is 51.2 Å². The van der Waals surface area contributed by atoms with E-state index >= 15 is 0 Å². The molecule has 0 radical (unpaired) electrons. The predicted octanol–water partition coefficient (Wildman–Crippen LogP) is 1.77. The van der Waals surface area contributed by atoms with Crippen molar-refractivity contribution in [2.45, 2.75) is 52.1 Å². The van der Waals surface area contributed by atoms with Crippen LogP contribution in [0.5, 0.6) is 0 Å². The Morgan fingerprint density at radius 3 is 2.89 bits per heavy atom. The summed E-state index contributed by atoms with van der Waals surface area (Å²) in [5.74, 6) is 1.86. The fourth-order valence-corrected chi connectivity index (χ4v) is 2.38. The fourth-order valence-electron chi connectivity index (χ4n) is 2.38. The Bertz CT molecular complexity index is 358. The van der Waals surface area contributed by atoms with Crippen LogP contribution >= 0.6 is 0 Å². The zero-order chi connectivity index (χ0) is 13.0. The van der Waals surface area contributed by atoms with Crippen LogP contribution in [0.4, 0.5) is 0 Å². The van der Waals surface area contributed by atoms with Crippen LogP contribution in [0, 0.1) is 0 Å². The van der Waals surface area contributed by atoms with Crippen LogP contribution in [0.2, 0.25) is 0 Å². The van der Waals surface area contributed by atoms with Crippen molar-refractivity contribution in [1.29, 1.82) is 0 Å². The van der Waals surface area contributed by atoms with Gasteiger partial charge in [-0.1, -0.05) is 25.9 Å². The molecule has 0 saturated carbocycles. The van der Waals surface area contributed by atoms with Gasteiger partial charge in [-0.3, -0.25) is 4.90 Å². The lowest BCUT2D eigenvalue weighted by atomic mass is 10.2. The van der Waals surface area contributed by atoms with E-state index in [9.17, 15) is 0 Å². The Morgan fingerprint density at radius 1 is 1.50 bits per heavy atom. The Morgan fingerprint density at radius 2 is 2.33 bits per heavy atom. The van der Waals surface area contributed by atoms with Gasteiger partial charge in [-0.05, 0) is 25.9 Å². The van der Waals surface area contributed by atoms with E-state index in [4.69, 9.17) is 4.52 Å². The van der Waals surface area contributed by atoms with Crippen LogP contribution in [0.3, 0.4) is 0 Å². The lowest BCUT2D eigenvalue weighted by molar-refractivity contribution is 0.192. The highest BCUT2D eigenvalue weighted by molar-refractivity contribution is 4.92. The highest BCUT2D eigenvalue weighted by Crippen LogP contribution is 2.15. The van der Waals surface area contributed by atoms with E-state index in [0.717, 1.165) is 44.3 Å². The first-order chi connectivity index (χ1) is 8.70. The highest BCUT2D eigenvalue weighted by Gasteiger charge is 2.23. The lowest BCUT2D eigenvalue weighted by Crippen LogP contribution is -2.37. The molecule has 102 valence electrons. The normalized spacial score (nSPS) is 20.2. The molecule has 1 aliphatic heterocycles. The van der Waals surface area contributed by atoms with Crippen LogP contribution in [0.25, 0.3) is 0 Å². The predicted molar refractivity (Wildman–Crippen MR) is 70.4 cm³/mol. The lowest BCUT2D eigenvalue weighted by Gasteiger charge is -2.26. The molecule has 0 aromatic carbocycles. The third-order valence-electron chi connectivity index (χ3n) is 3.38. The molecular weight excluding hydrogens is 228 g/mol. The molecule has 1 fully saturated rings. The van der Waals surface area contributed by atoms with E-state index in [0.29, 0.717) is 12.0 Å². The molecule has 5 heteroatoms. The van der Waals surface area contributed by atoms with Gasteiger partial charge in [-0.2, -0.15) is 4.98 Å². The average Bonchev–Trinajstić information content (AvgIpc) is 2.99. The first kappa shape index (κ1) is 13.5. The van der Waals surface area contributed by atoms with Crippen molar-refractivity contribution in [2.24, 2.45) is 0 Å². The van der Waals surface area contributed by atoms with Crippen molar-refractivity contribution in [2.75, 3.05) is 19.6 Å². The van der Waals surface area contributed by atoms with Gasteiger partial charge in [0.05, 0.1) is 6.54 Å². The molecule has 1 aliphatic rings. The summed E-state index contributed by atoms with van der Waals surface area (Å²) < 4.78 is 5.26. The largest absolute Gasteiger partial charge is 0.339 e. The third-order valence-corrected chi connectivity index (χ3v) is 3.38. The molecule has 1 aromatic rings. The second-order valence-electron chi connectivity index (χ2n) is 5.32. The summed E-state index contributed by atoms with van der Waals surface area (Å²) in [6, 6.07) is 0.617. The van der Waals surface area contributed by atoms with Crippen molar-refractivity contribution >= 4 is 0 Å². The van der Waals surface area contributed by atoms with Crippen LogP contribution in [0.15, 0.2) is 4.52 Å². The molecule has 0 aliphatic carbocycles. The maximum Gasteiger partial charge on any atom is 0.229 e. The second kappa shape index (κ2) is 6.29. The van der Waals surface area contributed by atoms with Crippen LogP contribution in [-0.4, -0.2) is 40.7 Å². The van der Waals surface area contributed by atoms with Gasteiger partial charge in [0.25, 0.3) is 0 Å². The minimum absolute atomic E-state index is 0.305. The van der Waals surface area contributed by atoms with Crippen LogP contribution < -0.4 is 5.32 Å². The molecule has 5 nitrogen and oxygen atoms in total. The van der Waals surface area contributed by atoms with E-state index in [1.54, 1.807) is 0 Å².